The molecule has 0 atom stereocenters. The zero-order chi connectivity index (χ0) is 18.0. The molecule has 0 amide bonds. The molecule has 0 saturated carbocycles. The van der Waals surface area contributed by atoms with Crippen molar-refractivity contribution >= 4 is 11.6 Å². The number of fused-ring (bicyclic) bond motifs is 1. The SMILES string of the molecule is CC(C)c1nc(NCCO)cc(N2Cc3ccccc3CC2(C)C)n1. The summed E-state index contributed by atoms with van der Waals surface area (Å²) < 4.78 is 0. The lowest BCUT2D eigenvalue weighted by molar-refractivity contribution is 0.311. The minimum absolute atomic E-state index is 0.0226. The molecule has 1 aliphatic rings. The molecule has 0 radical (unpaired) electrons. The number of hydrogen-bond acceptors (Lipinski definition) is 5. The Morgan fingerprint density at radius 1 is 1.20 bits per heavy atom. The highest BCUT2D eigenvalue weighted by Crippen LogP contribution is 2.35. The van der Waals surface area contributed by atoms with E-state index in [0.29, 0.717) is 6.54 Å². The molecule has 5 heteroatoms. The third-order valence-electron chi connectivity index (χ3n) is 4.74. The second-order valence-electron chi connectivity index (χ2n) is 7.62. The van der Waals surface area contributed by atoms with Gasteiger partial charge in [-0.25, -0.2) is 9.97 Å². The molecule has 0 bridgehead atoms. The standard InChI is InChI=1S/C20H28N4O/c1-14(2)19-22-17(21-9-10-25)11-18(23-19)24-13-16-8-6-5-7-15(16)12-20(24,3)4/h5-8,11,14,25H,9-10,12-13H2,1-4H3,(H,21,22,23). The molecule has 0 spiro atoms. The molecule has 2 aromatic rings. The summed E-state index contributed by atoms with van der Waals surface area (Å²) in [6, 6.07) is 10.6. The molecular weight excluding hydrogens is 312 g/mol. The van der Waals surface area contributed by atoms with Crippen molar-refractivity contribution in [1.29, 1.82) is 0 Å². The van der Waals surface area contributed by atoms with Gasteiger partial charge in [-0.2, -0.15) is 0 Å². The molecule has 1 aromatic carbocycles. The summed E-state index contributed by atoms with van der Waals surface area (Å²) in [4.78, 5) is 11.8. The van der Waals surface area contributed by atoms with Crippen LogP contribution in [0.25, 0.3) is 0 Å². The van der Waals surface area contributed by atoms with Crippen molar-refractivity contribution in [1.82, 2.24) is 9.97 Å². The summed E-state index contributed by atoms with van der Waals surface area (Å²) in [6.45, 7) is 10.1. The van der Waals surface area contributed by atoms with Crippen LogP contribution in [0.15, 0.2) is 30.3 Å². The van der Waals surface area contributed by atoms with Gasteiger partial charge in [-0.05, 0) is 31.4 Å². The molecule has 0 fully saturated rings. The van der Waals surface area contributed by atoms with E-state index in [1.54, 1.807) is 0 Å². The smallest absolute Gasteiger partial charge is 0.135 e. The molecule has 1 aromatic heterocycles. The highest BCUT2D eigenvalue weighted by Gasteiger charge is 2.34. The van der Waals surface area contributed by atoms with Crippen molar-refractivity contribution in [3.63, 3.8) is 0 Å². The second kappa shape index (κ2) is 7.00. The van der Waals surface area contributed by atoms with Gasteiger partial charge in [0.25, 0.3) is 0 Å². The third-order valence-corrected chi connectivity index (χ3v) is 4.74. The maximum atomic E-state index is 9.10. The van der Waals surface area contributed by atoms with E-state index in [9.17, 15) is 0 Å². The van der Waals surface area contributed by atoms with Crippen molar-refractivity contribution < 1.29 is 5.11 Å². The predicted molar refractivity (Wildman–Crippen MR) is 102 cm³/mol. The van der Waals surface area contributed by atoms with Gasteiger partial charge in [0.15, 0.2) is 0 Å². The average Bonchev–Trinajstić information content (AvgIpc) is 2.58. The number of benzene rings is 1. The van der Waals surface area contributed by atoms with Gasteiger partial charge in [0.05, 0.1) is 6.61 Å². The Morgan fingerprint density at radius 2 is 1.92 bits per heavy atom. The van der Waals surface area contributed by atoms with Crippen LogP contribution < -0.4 is 10.2 Å². The Labute approximate surface area is 150 Å². The Hall–Kier alpha value is -2.14. The number of nitrogens with zero attached hydrogens (tertiary/aromatic N) is 3. The van der Waals surface area contributed by atoms with Crippen molar-refractivity contribution in [2.45, 2.75) is 52.1 Å². The number of nitrogens with one attached hydrogen (secondary N) is 1. The van der Waals surface area contributed by atoms with Crippen LogP contribution in [0.2, 0.25) is 0 Å². The maximum absolute atomic E-state index is 9.10. The Balaban J connectivity index is 2.00. The fourth-order valence-electron chi connectivity index (χ4n) is 3.34. The lowest BCUT2D eigenvalue weighted by Gasteiger charge is -2.44. The molecule has 0 saturated heterocycles. The highest BCUT2D eigenvalue weighted by molar-refractivity contribution is 5.54. The molecule has 2 heterocycles. The maximum Gasteiger partial charge on any atom is 0.135 e. The van der Waals surface area contributed by atoms with Crippen LogP contribution in [0.3, 0.4) is 0 Å². The first-order chi connectivity index (χ1) is 11.9. The van der Waals surface area contributed by atoms with E-state index in [2.05, 4.69) is 67.2 Å². The van der Waals surface area contributed by atoms with Crippen LogP contribution in [0.1, 0.15) is 50.6 Å². The van der Waals surface area contributed by atoms with Crippen molar-refractivity contribution in [2.24, 2.45) is 0 Å². The number of anilines is 2. The van der Waals surface area contributed by atoms with E-state index in [-0.39, 0.29) is 18.1 Å². The zero-order valence-electron chi connectivity index (χ0n) is 15.6. The molecule has 1 aliphatic heterocycles. The van der Waals surface area contributed by atoms with Crippen molar-refractivity contribution in [3.8, 4) is 0 Å². The molecule has 0 aliphatic carbocycles. The summed E-state index contributed by atoms with van der Waals surface area (Å²) >= 11 is 0. The molecule has 134 valence electrons. The van der Waals surface area contributed by atoms with E-state index >= 15 is 0 Å². The fourth-order valence-corrected chi connectivity index (χ4v) is 3.34. The highest BCUT2D eigenvalue weighted by atomic mass is 16.3. The van der Waals surface area contributed by atoms with Gasteiger partial charge in [0.1, 0.15) is 17.5 Å². The number of aromatic nitrogens is 2. The second-order valence-corrected chi connectivity index (χ2v) is 7.62. The predicted octanol–water partition coefficient (Wildman–Crippen LogP) is 3.35. The first-order valence-corrected chi connectivity index (χ1v) is 8.99. The number of rotatable bonds is 5. The van der Waals surface area contributed by atoms with E-state index < -0.39 is 0 Å². The largest absolute Gasteiger partial charge is 0.395 e. The molecule has 0 unspecified atom stereocenters. The lowest BCUT2D eigenvalue weighted by atomic mass is 9.85. The normalized spacial score (nSPS) is 16.0. The number of hydrogen-bond donors (Lipinski definition) is 2. The first-order valence-electron chi connectivity index (χ1n) is 8.99. The third kappa shape index (κ3) is 3.76. The monoisotopic (exact) mass is 340 g/mol. The van der Waals surface area contributed by atoms with Crippen LogP contribution in [-0.2, 0) is 13.0 Å². The van der Waals surface area contributed by atoms with Crippen LogP contribution in [0, 0.1) is 0 Å². The zero-order valence-corrected chi connectivity index (χ0v) is 15.6. The first kappa shape index (κ1) is 17.7. The quantitative estimate of drug-likeness (QED) is 0.874. The van der Waals surface area contributed by atoms with Crippen LogP contribution >= 0.6 is 0 Å². The number of aliphatic hydroxyl groups excluding tert-OH is 1. The van der Waals surface area contributed by atoms with Crippen LogP contribution in [0.5, 0.6) is 0 Å². The Morgan fingerprint density at radius 3 is 2.60 bits per heavy atom. The van der Waals surface area contributed by atoms with Crippen molar-refractivity contribution in [2.75, 3.05) is 23.4 Å². The Kier molecular flexibility index (Phi) is 4.95. The molecule has 3 rings (SSSR count). The summed E-state index contributed by atoms with van der Waals surface area (Å²) in [5.74, 6) is 2.79. The van der Waals surface area contributed by atoms with Gasteiger partial charge in [0, 0.05) is 30.6 Å². The minimum Gasteiger partial charge on any atom is -0.395 e. The minimum atomic E-state index is -0.0226. The van der Waals surface area contributed by atoms with E-state index in [0.717, 1.165) is 30.4 Å². The number of aliphatic hydroxyl groups is 1. The average molecular weight is 340 g/mol. The Bertz CT molecular complexity index is 742. The summed E-state index contributed by atoms with van der Waals surface area (Å²) in [6.07, 6.45) is 0.990. The van der Waals surface area contributed by atoms with E-state index in [4.69, 9.17) is 10.1 Å². The lowest BCUT2D eigenvalue weighted by Crippen LogP contribution is -2.49. The topological polar surface area (TPSA) is 61.3 Å². The van der Waals surface area contributed by atoms with Gasteiger partial charge < -0.3 is 15.3 Å². The van der Waals surface area contributed by atoms with E-state index in [1.165, 1.54) is 11.1 Å². The molecule has 2 N–H and O–H groups in total. The molecule has 25 heavy (non-hydrogen) atoms. The van der Waals surface area contributed by atoms with Gasteiger partial charge in [-0.15, -0.1) is 0 Å². The van der Waals surface area contributed by atoms with Gasteiger partial charge in [-0.1, -0.05) is 38.1 Å². The van der Waals surface area contributed by atoms with Gasteiger partial charge >= 0.3 is 0 Å². The molecule has 5 nitrogen and oxygen atoms in total. The van der Waals surface area contributed by atoms with Gasteiger partial charge in [0.2, 0.25) is 0 Å². The van der Waals surface area contributed by atoms with E-state index in [1.807, 2.05) is 6.07 Å². The summed E-state index contributed by atoms with van der Waals surface area (Å²) in [5, 5.41) is 12.3. The fraction of sp³-hybridized carbons (Fsp3) is 0.500. The summed E-state index contributed by atoms with van der Waals surface area (Å²) in [7, 11) is 0. The molecular formula is C20H28N4O. The van der Waals surface area contributed by atoms with Crippen LogP contribution in [0.4, 0.5) is 11.6 Å². The van der Waals surface area contributed by atoms with Gasteiger partial charge in [-0.3, -0.25) is 0 Å². The summed E-state index contributed by atoms with van der Waals surface area (Å²) in [5.41, 5.74) is 2.75. The van der Waals surface area contributed by atoms with Crippen LogP contribution in [-0.4, -0.2) is 33.8 Å². The van der Waals surface area contributed by atoms with Crippen molar-refractivity contribution in [3.05, 3.63) is 47.3 Å².